The van der Waals surface area contributed by atoms with Crippen LogP contribution >= 0.6 is 11.8 Å². The number of nitrogens with zero attached hydrogens (tertiary/aromatic N) is 2. The maximum atomic E-state index is 12.3. The Kier molecular flexibility index (Phi) is 4.11. The number of nitrogens with one attached hydrogen (secondary N) is 1. The second kappa shape index (κ2) is 6.19. The van der Waals surface area contributed by atoms with Crippen molar-refractivity contribution in [2.24, 2.45) is 0 Å². The number of aromatic amines is 1. The number of benzene rings is 1. The molecule has 0 spiro atoms. The van der Waals surface area contributed by atoms with Gasteiger partial charge >= 0.3 is 0 Å². The van der Waals surface area contributed by atoms with Crippen LogP contribution < -0.4 is 0 Å². The van der Waals surface area contributed by atoms with Crippen molar-refractivity contribution in [2.75, 3.05) is 5.75 Å². The van der Waals surface area contributed by atoms with Crippen molar-refractivity contribution in [3.8, 4) is 11.6 Å². The molecule has 5 nitrogen and oxygen atoms in total. The minimum absolute atomic E-state index is 0.0792. The number of hydrogen-bond acceptors (Lipinski definition) is 5. The number of carbonyl (C=O) groups excluding carboxylic acids is 1. The summed E-state index contributed by atoms with van der Waals surface area (Å²) in [5, 5.41) is 7.43. The molecule has 1 aromatic carbocycles. The number of aromatic nitrogens is 3. The van der Waals surface area contributed by atoms with Gasteiger partial charge in [0.05, 0.1) is 12.0 Å². The number of aryl methyl sites for hydroxylation is 2. The first kappa shape index (κ1) is 14.6. The van der Waals surface area contributed by atoms with Crippen LogP contribution in [0.1, 0.15) is 21.5 Å². The number of ketones is 1. The molecule has 0 amide bonds. The Morgan fingerprint density at radius 2 is 2.18 bits per heavy atom. The number of H-pyrrole nitrogens is 1. The summed E-state index contributed by atoms with van der Waals surface area (Å²) in [6.45, 7) is 3.92. The fraction of sp³-hybridized carbons (Fsp3) is 0.188. The highest BCUT2D eigenvalue weighted by molar-refractivity contribution is 7.99. The molecule has 0 saturated heterocycles. The minimum Gasteiger partial charge on any atom is -0.461 e. The van der Waals surface area contributed by atoms with E-state index in [1.807, 2.05) is 32.0 Å². The summed E-state index contributed by atoms with van der Waals surface area (Å²) < 4.78 is 5.25. The van der Waals surface area contributed by atoms with Gasteiger partial charge in [-0.25, -0.2) is 0 Å². The standard InChI is InChI=1S/C16H15N3O2S/c1-10-5-6-11(2)12(8-10)13(20)9-22-16-17-15(18-19-16)14-4-3-7-21-14/h3-8H,9H2,1-2H3,(H,17,18,19). The van der Waals surface area contributed by atoms with Crippen LogP contribution in [-0.4, -0.2) is 26.7 Å². The van der Waals surface area contributed by atoms with Gasteiger partial charge in [-0.3, -0.25) is 9.89 Å². The summed E-state index contributed by atoms with van der Waals surface area (Å²) in [5.74, 6) is 1.57. The highest BCUT2D eigenvalue weighted by atomic mass is 32.2. The number of Topliss-reactive ketones (excluding diaryl/α,β-unsaturated/α-hetero) is 1. The highest BCUT2D eigenvalue weighted by Gasteiger charge is 2.13. The Labute approximate surface area is 132 Å². The first-order valence-electron chi connectivity index (χ1n) is 6.83. The number of rotatable bonds is 5. The van der Waals surface area contributed by atoms with Gasteiger partial charge in [0, 0.05) is 5.56 Å². The minimum atomic E-state index is 0.0792. The predicted molar refractivity (Wildman–Crippen MR) is 85.1 cm³/mol. The number of thioether (sulfide) groups is 1. The summed E-state index contributed by atoms with van der Waals surface area (Å²) in [5.41, 5.74) is 2.83. The Morgan fingerprint density at radius 3 is 2.95 bits per heavy atom. The van der Waals surface area contributed by atoms with E-state index in [4.69, 9.17) is 4.42 Å². The molecule has 0 unspecified atom stereocenters. The molecule has 0 saturated carbocycles. The molecule has 2 heterocycles. The van der Waals surface area contributed by atoms with Crippen LogP contribution in [0, 0.1) is 13.8 Å². The molecule has 0 atom stereocenters. The van der Waals surface area contributed by atoms with Crippen LogP contribution in [0.2, 0.25) is 0 Å². The van der Waals surface area contributed by atoms with E-state index < -0.39 is 0 Å². The SMILES string of the molecule is Cc1ccc(C)c(C(=O)CSc2n[nH]c(-c3ccco3)n2)c1. The normalized spacial score (nSPS) is 10.8. The zero-order valence-electron chi connectivity index (χ0n) is 12.3. The van der Waals surface area contributed by atoms with Crippen LogP contribution in [0.25, 0.3) is 11.6 Å². The molecule has 2 aromatic heterocycles. The summed E-state index contributed by atoms with van der Waals surface area (Å²) in [4.78, 5) is 16.6. The molecule has 0 radical (unpaired) electrons. The van der Waals surface area contributed by atoms with Gasteiger partial charge in [-0.1, -0.05) is 29.5 Å². The number of furan rings is 1. The van der Waals surface area contributed by atoms with Crippen LogP contribution in [0.3, 0.4) is 0 Å². The lowest BCUT2D eigenvalue weighted by atomic mass is 10.0. The average Bonchev–Trinajstić information content (AvgIpc) is 3.17. The van der Waals surface area contributed by atoms with Crippen molar-refractivity contribution < 1.29 is 9.21 Å². The fourth-order valence-electron chi connectivity index (χ4n) is 2.08. The van der Waals surface area contributed by atoms with E-state index >= 15 is 0 Å². The fourth-order valence-corrected chi connectivity index (χ4v) is 2.76. The molecule has 0 bridgehead atoms. The van der Waals surface area contributed by atoms with Crippen molar-refractivity contribution in [2.45, 2.75) is 19.0 Å². The van der Waals surface area contributed by atoms with E-state index in [1.165, 1.54) is 11.8 Å². The zero-order chi connectivity index (χ0) is 15.5. The molecule has 6 heteroatoms. The summed E-state index contributed by atoms with van der Waals surface area (Å²) in [7, 11) is 0. The number of hydrogen-bond donors (Lipinski definition) is 1. The number of carbonyl (C=O) groups is 1. The Hall–Kier alpha value is -2.34. The lowest BCUT2D eigenvalue weighted by Gasteiger charge is -2.05. The van der Waals surface area contributed by atoms with E-state index in [9.17, 15) is 4.79 Å². The van der Waals surface area contributed by atoms with Gasteiger partial charge in [0.2, 0.25) is 5.16 Å². The van der Waals surface area contributed by atoms with Crippen LogP contribution in [-0.2, 0) is 0 Å². The average molecular weight is 313 g/mol. The smallest absolute Gasteiger partial charge is 0.209 e. The van der Waals surface area contributed by atoms with Crippen molar-refractivity contribution in [1.82, 2.24) is 15.2 Å². The summed E-state index contributed by atoms with van der Waals surface area (Å²) >= 11 is 1.31. The van der Waals surface area contributed by atoms with E-state index in [0.717, 1.165) is 16.7 Å². The van der Waals surface area contributed by atoms with Gasteiger partial charge in [0.1, 0.15) is 0 Å². The van der Waals surface area contributed by atoms with Gasteiger partial charge in [0.25, 0.3) is 0 Å². The monoisotopic (exact) mass is 313 g/mol. The topological polar surface area (TPSA) is 71.8 Å². The molecule has 0 aliphatic carbocycles. The van der Waals surface area contributed by atoms with Crippen LogP contribution in [0.4, 0.5) is 0 Å². The van der Waals surface area contributed by atoms with E-state index in [1.54, 1.807) is 18.4 Å². The third-order valence-electron chi connectivity index (χ3n) is 3.25. The second-order valence-electron chi connectivity index (χ2n) is 4.97. The van der Waals surface area contributed by atoms with Gasteiger partial charge < -0.3 is 4.42 Å². The van der Waals surface area contributed by atoms with Crippen molar-refractivity contribution in [3.05, 3.63) is 53.3 Å². The second-order valence-corrected chi connectivity index (χ2v) is 5.92. The third-order valence-corrected chi connectivity index (χ3v) is 4.09. The molecular weight excluding hydrogens is 298 g/mol. The molecule has 3 aromatic rings. The van der Waals surface area contributed by atoms with Gasteiger partial charge in [-0.2, -0.15) is 4.98 Å². The molecule has 22 heavy (non-hydrogen) atoms. The molecule has 0 aliphatic heterocycles. The van der Waals surface area contributed by atoms with Gasteiger partial charge in [0.15, 0.2) is 17.4 Å². The van der Waals surface area contributed by atoms with Crippen molar-refractivity contribution in [3.63, 3.8) is 0 Å². The van der Waals surface area contributed by atoms with Gasteiger partial charge in [-0.15, -0.1) is 5.10 Å². The first-order chi connectivity index (χ1) is 10.6. The Bertz CT molecular complexity index is 794. The van der Waals surface area contributed by atoms with Crippen LogP contribution in [0.15, 0.2) is 46.2 Å². The molecule has 1 N–H and O–H groups in total. The van der Waals surface area contributed by atoms with Crippen molar-refractivity contribution >= 4 is 17.5 Å². The van der Waals surface area contributed by atoms with Crippen LogP contribution in [0.5, 0.6) is 0 Å². The quantitative estimate of drug-likeness (QED) is 0.575. The van der Waals surface area contributed by atoms with E-state index in [-0.39, 0.29) is 5.78 Å². The van der Waals surface area contributed by atoms with E-state index in [2.05, 4.69) is 15.2 Å². The Balaban J connectivity index is 1.67. The first-order valence-corrected chi connectivity index (χ1v) is 7.81. The molecule has 112 valence electrons. The zero-order valence-corrected chi connectivity index (χ0v) is 13.1. The highest BCUT2D eigenvalue weighted by Crippen LogP contribution is 2.21. The third kappa shape index (κ3) is 3.12. The molecule has 3 rings (SSSR count). The maximum Gasteiger partial charge on any atom is 0.209 e. The summed E-state index contributed by atoms with van der Waals surface area (Å²) in [6, 6.07) is 9.48. The maximum absolute atomic E-state index is 12.3. The predicted octanol–water partition coefficient (Wildman–Crippen LogP) is 3.66. The van der Waals surface area contributed by atoms with E-state index in [0.29, 0.717) is 22.5 Å². The summed E-state index contributed by atoms with van der Waals surface area (Å²) in [6.07, 6.45) is 1.58. The largest absolute Gasteiger partial charge is 0.461 e. The lowest BCUT2D eigenvalue weighted by molar-refractivity contribution is 0.102. The van der Waals surface area contributed by atoms with Crippen molar-refractivity contribution in [1.29, 1.82) is 0 Å². The lowest BCUT2D eigenvalue weighted by Crippen LogP contribution is -2.05. The van der Waals surface area contributed by atoms with Gasteiger partial charge in [-0.05, 0) is 37.6 Å². The Morgan fingerprint density at radius 1 is 1.32 bits per heavy atom. The molecule has 0 aliphatic rings. The molecule has 0 fully saturated rings. The molecular formula is C16H15N3O2S.